The Bertz CT molecular complexity index is 1440. The average Bonchev–Trinajstić information content (AvgIpc) is 3.42. The Morgan fingerprint density at radius 2 is 1.71 bits per heavy atom. The summed E-state index contributed by atoms with van der Waals surface area (Å²) in [5.74, 6) is -1.43. The van der Waals surface area contributed by atoms with E-state index in [4.69, 9.17) is 4.74 Å². The van der Waals surface area contributed by atoms with Gasteiger partial charge in [0.2, 0.25) is 0 Å². The van der Waals surface area contributed by atoms with Gasteiger partial charge in [-0.1, -0.05) is 42.5 Å². The van der Waals surface area contributed by atoms with E-state index in [-0.39, 0.29) is 23.3 Å². The minimum atomic E-state index is -0.581. The number of carbonyl (C=O) groups is 3. The molecule has 4 aromatic rings. The topological polar surface area (TPSA) is 76.6 Å². The molecule has 34 heavy (non-hydrogen) atoms. The van der Waals surface area contributed by atoms with E-state index in [0.717, 1.165) is 21.7 Å². The maximum Gasteiger partial charge on any atom is 0.338 e. The molecule has 0 N–H and O–H groups in total. The summed E-state index contributed by atoms with van der Waals surface area (Å²) in [6, 6.07) is 19.8. The highest BCUT2D eigenvalue weighted by Crippen LogP contribution is 2.32. The number of aromatic nitrogens is 1. The maximum atomic E-state index is 13.1. The third-order valence-corrected chi connectivity index (χ3v) is 6.59. The van der Waals surface area contributed by atoms with Crippen LogP contribution in [0.3, 0.4) is 0 Å². The van der Waals surface area contributed by atoms with Crippen LogP contribution in [0.4, 0.5) is 5.69 Å². The molecule has 0 radical (unpaired) electrons. The van der Waals surface area contributed by atoms with Gasteiger partial charge >= 0.3 is 5.97 Å². The second-order valence-corrected chi connectivity index (χ2v) is 8.94. The molecule has 0 unspecified atom stereocenters. The van der Waals surface area contributed by atoms with Crippen LogP contribution in [0.5, 0.6) is 0 Å². The third kappa shape index (κ3) is 3.91. The van der Waals surface area contributed by atoms with Gasteiger partial charge in [0.05, 0.1) is 28.1 Å². The van der Waals surface area contributed by atoms with Crippen LogP contribution in [-0.2, 0) is 11.3 Å². The zero-order valence-corrected chi connectivity index (χ0v) is 19.4. The van der Waals surface area contributed by atoms with Crippen molar-refractivity contribution in [1.82, 2.24) is 4.98 Å². The molecule has 2 amide bonds. The molecule has 5 rings (SSSR count). The van der Waals surface area contributed by atoms with Crippen molar-refractivity contribution in [2.75, 3.05) is 4.90 Å². The van der Waals surface area contributed by atoms with E-state index in [1.807, 2.05) is 67.8 Å². The molecule has 3 aromatic carbocycles. The number of nitrogens with zero attached hydrogens (tertiary/aromatic N) is 2. The van der Waals surface area contributed by atoms with Crippen LogP contribution in [0.1, 0.15) is 47.9 Å². The molecule has 6 nitrogen and oxygen atoms in total. The molecule has 7 heteroatoms. The van der Waals surface area contributed by atoms with E-state index in [0.29, 0.717) is 11.4 Å². The predicted molar refractivity (Wildman–Crippen MR) is 130 cm³/mol. The molecule has 168 valence electrons. The normalized spacial score (nSPS) is 12.7. The number of aryl methyl sites for hydroxylation is 2. The van der Waals surface area contributed by atoms with Gasteiger partial charge in [-0.15, -0.1) is 11.3 Å². The maximum absolute atomic E-state index is 13.1. The van der Waals surface area contributed by atoms with Gasteiger partial charge in [0.25, 0.3) is 11.8 Å². The number of amides is 2. The zero-order chi connectivity index (χ0) is 23.8. The van der Waals surface area contributed by atoms with Gasteiger partial charge < -0.3 is 4.74 Å². The lowest BCUT2D eigenvalue weighted by atomic mass is 10.1. The minimum Gasteiger partial charge on any atom is -0.456 e. The molecule has 0 bridgehead atoms. The van der Waals surface area contributed by atoms with Crippen molar-refractivity contribution in [3.8, 4) is 10.6 Å². The fourth-order valence-corrected chi connectivity index (χ4v) is 4.67. The zero-order valence-electron chi connectivity index (χ0n) is 18.6. The van der Waals surface area contributed by atoms with Crippen molar-refractivity contribution >= 4 is 34.8 Å². The van der Waals surface area contributed by atoms with E-state index in [1.54, 1.807) is 0 Å². The number of fused-ring (bicyclic) bond motifs is 1. The van der Waals surface area contributed by atoms with Gasteiger partial charge in [0, 0.05) is 10.9 Å². The Morgan fingerprint density at radius 3 is 2.50 bits per heavy atom. The fourth-order valence-electron chi connectivity index (χ4n) is 3.86. The first-order valence-corrected chi connectivity index (χ1v) is 11.6. The van der Waals surface area contributed by atoms with Crippen LogP contribution < -0.4 is 4.90 Å². The van der Waals surface area contributed by atoms with Gasteiger partial charge in [-0.05, 0) is 49.2 Å². The van der Waals surface area contributed by atoms with Crippen LogP contribution in [0, 0.1) is 13.8 Å². The largest absolute Gasteiger partial charge is 0.456 e. The van der Waals surface area contributed by atoms with Crippen LogP contribution in [-0.4, -0.2) is 22.8 Å². The van der Waals surface area contributed by atoms with E-state index >= 15 is 0 Å². The molecule has 1 aliphatic rings. The number of thiazole rings is 1. The molecular weight excluding hydrogens is 448 g/mol. The predicted octanol–water partition coefficient (Wildman–Crippen LogP) is 5.58. The van der Waals surface area contributed by atoms with Gasteiger partial charge in [-0.3, -0.25) is 9.59 Å². The second-order valence-electron chi connectivity index (χ2n) is 8.08. The number of hydrogen-bond donors (Lipinski definition) is 0. The van der Waals surface area contributed by atoms with Crippen LogP contribution in [0.15, 0.2) is 72.1 Å². The number of esters is 1. The first-order chi connectivity index (χ1) is 16.4. The molecule has 0 fully saturated rings. The quantitative estimate of drug-likeness (QED) is 0.282. The molecule has 2 heterocycles. The Balaban J connectivity index is 1.33. The van der Waals surface area contributed by atoms with Crippen LogP contribution in [0.2, 0.25) is 0 Å². The molecule has 1 aromatic heterocycles. The number of ether oxygens (including phenoxy) is 1. The highest BCUT2D eigenvalue weighted by atomic mass is 32.1. The summed E-state index contributed by atoms with van der Waals surface area (Å²) in [7, 11) is 0. The number of carbonyl (C=O) groups excluding carboxylic acids is 3. The first kappa shape index (κ1) is 21.7. The monoisotopic (exact) mass is 468 g/mol. The summed E-state index contributed by atoms with van der Waals surface area (Å²) in [6.07, 6.45) is 0. The van der Waals surface area contributed by atoms with Crippen LogP contribution >= 0.6 is 11.3 Å². The lowest BCUT2D eigenvalue weighted by Crippen LogP contribution is -2.30. The summed E-state index contributed by atoms with van der Waals surface area (Å²) in [5.41, 5.74) is 4.63. The summed E-state index contributed by atoms with van der Waals surface area (Å²) >= 11 is 1.48. The third-order valence-electron chi connectivity index (χ3n) is 5.65. The standard InChI is InChI=1S/C27H20N2O4S/c1-16-8-9-17(2)23(12-16)29-25(30)21-11-10-19(13-22(21)26(29)31)27(32)33-14-20-15-34-24(28-20)18-6-4-3-5-7-18/h3-13,15H,14H2,1-2H3. The van der Waals surface area contributed by atoms with Crippen molar-refractivity contribution < 1.29 is 19.1 Å². The van der Waals surface area contributed by atoms with Crippen LogP contribution in [0.25, 0.3) is 10.6 Å². The molecule has 0 saturated heterocycles. The van der Waals surface area contributed by atoms with Crippen molar-refractivity contribution in [3.63, 3.8) is 0 Å². The fraction of sp³-hybridized carbons (Fsp3) is 0.111. The summed E-state index contributed by atoms with van der Waals surface area (Å²) in [6.45, 7) is 3.77. The van der Waals surface area contributed by atoms with Gasteiger partial charge in [-0.25, -0.2) is 14.7 Å². The van der Waals surface area contributed by atoms with Crippen molar-refractivity contribution in [2.45, 2.75) is 20.5 Å². The van der Waals surface area contributed by atoms with Gasteiger partial charge in [0.1, 0.15) is 11.6 Å². The van der Waals surface area contributed by atoms with E-state index < -0.39 is 17.8 Å². The van der Waals surface area contributed by atoms with Crippen molar-refractivity contribution in [2.24, 2.45) is 0 Å². The number of rotatable bonds is 5. The molecule has 0 atom stereocenters. The smallest absolute Gasteiger partial charge is 0.338 e. The summed E-state index contributed by atoms with van der Waals surface area (Å²) in [4.78, 5) is 44.4. The Hall–Kier alpha value is -4.10. The molecule has 1 aliphatic heterocycles. The molecular formula is C27H20N2O4S. The highest BCUT2D eigenvalue weighted by Gasteiger charge is 2.38. The summed E-state index contributed by atoms with van der Waals surface area (Å²) in [5, 5.41) is 2.70. The number of imide groups is 1. The van der Waals surface area contributed by atoms with Crippen molar-refractivity contribution in [3.05, 3.63) is 106 Å². The lowest BCUT2D eigenvalue weighted by Gasteiger charge is -2.17. The Kier molecular flexibility index (Phi) is 5.55. The van der Waals surface area contributed by atoms with E-state index in [9.17, 15) is 14.4 Å². The second kappa shape index (κ2) is 8.68. The molecule has 0 spiro atoms. The number of anilines is 1. The van der Waals surface area contributed by atoms with Gasteiger partial charge in [0.15, 0.2) is 0 Å². The van der Waals surface area contributed by atoms with E-state index in [1.165, 1.54) is 34.4 Å². The van der Waals surface area contributed by atoms with E-state index in [2.05, 4.69) is 4.98 Å². The molecule has 0 aliphatic carbocycles. The highest BCUT2D eigenvalue weighted by molar-refractivity contribution is 7.13. The van der Waals surface area contributed by atoms with Gasteiger partial charge in [-0.2, -0.15) is 0 Å². The SMILES string of the molecule is Cc1ccc(C)c(N2C(=O)c3ccc(C(=O)OCc4csc(-c5ccccc5)n4)cc3C2=O)c1. The average molecular weight is 469 g/mol. The number of hydrogen-bond acceptors (Lipinski definition) is 6. The Labute approximate surface area is 200 Å². The minimum absolute atomic E-state index is 0.0146. The summed E-state index contributed by atoms with van der Waals surface area (Å²) < 4.78 is 5.43. The Morgan fingerprint density at radius 1 is 0.941 bits per heavy atom. The van der Waals surface area contributed by atoms with Crippen molar-refractivity contribution in [1.29, 1.82) is 0 Å². The molecule has 0 saturated carbocycles. The first-order valence-electron chi connectivity index (χ1n) is 10.7. The lowest BCUT2D eigenvalue weighted by molar-refractivity contribution is 0.0468. The number of benzene rings is 3.